The monoisotopic (exact) mass is 617 g/mol. The normalized spacial score (nSPS) is 12.5. The van der Waals surface area contributed by atoms with Gasteiger partial charge in [0.2, 0.25) is 10.0 Å². The molecule has 5 rings (SSSR count). The van der Waals surface area contributed by atoms with Gasteiger partial charge in [0.15, 0.2) is 0 Å². The van der Waals surface area contributed by atoms with E-state index in [1.807, 2.05) is 36.4 Å². The van der Waals surface area contributed by atoms with Gasteiger partial charge in [-0.2, -0.15) is 4.31 Å². The van der Waals surface area contributed by atoms with Gasteiger partial charge in [0.05, 0.1) is 34.6 Å². The first-order valence-corrected chi connectivity index (χ1v) is 15.0. The van der Waals surface area contributed by atoms with Crippen molar-refractivity contribution in [2.45, 2.75) is 24.3 Å². The second-order valence-electron chi connectivity index (χ2n) is 9.31. The van der Waals surface area contributed by atoms with Gasteiger partial charge in [-0.15, -0.1) is 0 Å². The number of sulfonamides is 1. The third kappa shape index (κ3) is 5.58. The van der Waals surface area contributed by atoms with Gasteiger partial charge in [-0.1, -0.05) is 58.4 Å². The van der Waals surface area contributed by atoms with E-state index in [0.29, 0.717) is 34.6 Å². The number of ether oxygens (including phenoxy) is 1. The topological polar surface area (TPSA) is 81.5 Å². The van der Waals surface area contributed by atoms with E-state index in [1.165, 1.54) is 8.87 Å². The predicted molar refractivity (Wildman–Crippen MR) is 160 cm³/mol. The van der Waals surface area contributed by atoms with Gasteiger partial charge >= 0.3 is 0 Å². The third-order valence-electron chi connectivity index (χ3n) is 6.82. The van der Waals surface area contributed by atoms with Crippen LogP contribution in [0.3, 0.4) is 0 Å². The van der Waals surface area contributed by atoms with Crippen LogP contribution in [0.15, 0.2) is 117 Å². The maximum Gasteiger partial charge on any atom is 0.266 e. The van der Waals surface area contributed by atoms with Crippen LogP contribution in [-0.4, -0.2) is 35.9 Å². The van der Waals surface area contributed by atoms with Crippen molar-refractivity contribution in [1.82, 2.24) is 13.9 Å². The number of aromatic nitrogens is 2. The smallest absolute Gasteiger partial charge is 0.266 e. The fourth-order valence-electron chi connectivity index (χ4n) is 4.69. The van der Waals surface area contributed by atoms with Crippen molar-refractivity contribution < 1.29 is 13.2 Å². The highest BCUT2D eigenvalue weighted by Crippen LogP contribution is 2.30. The molecule has 0 saturated carbocycles. The summed E-state index contributed by atoms with van der Waals surface area (Å²) in [5, 5.41) is 0.445. The standard InChI is InChI=1S/C31H28BrN3O4S/c1-22(34(21-20-23-8-4-3-5-9-23)40(37,38)27-18-12-24(32)13-19-27)30-33-29-11-7-6-10-28(29)31(36)35(30)25-14-16-26(39-2)17-15-25/h3-19,22H,20-21H2,1-2H3. The van der Waals surface area contributed by atoms with E-state index >= 15 is 0 Å². The molecule has 0 saturated heterocycles. The second-order valence-corrected chi connectivity index (χ2v) is 12.1. The zero-order valence-corrected chi connectivity index (χ0v) is 24.5. The zero-order valence-electron chi connectivity index (χ0n) is 22.1. The highest BCUT2D eigenvalue weighted by molar-refractivity contribution is 9.10. The molecule has 1 aromatic heterocycles. The van der Waals surface area contributed by atoms with Crippen molar-refractivity contribution in [3.05, 3.63) is 129 Å². The first-order valence-electron chi connectivity index (χ1n) is 12.8. The van der Waals surface area contributed by atoms with Gasteiger partial charge in [-0.05, 0) is 79.6 Å². The summed E-state index contributed by atoms with van der Waals surface area (Å²) in [4.78, 5) is 18.9. The van der Waals surface area contributed by atoms with Crippen molar-refractivity contribution in [2.24, 2.45) is 0 Å². The van der Waals surface area contributed by atoms with Crippen molar-refractivity contribution in [3.8, 4) is 11.4 Å². The molecule has 0 aliphatic carbocycles. The number of nitrogens with zero attached hydrogens (tertiary/aromatic N) is 3. The Bertz CT molecular complexity index is 1790. The van der Waals surface area contributed by atoms with Crippen LogP contribution >= 0.6 is 15.9 Å². The van der Waals surface area contributed by atoms with E-state index in [4.69, 9.17) is 9.72 Å². The third-order valence-corrected chi connectivity index (χ3v) is 9.33. The number of hydrogen-bond donors (Lipinski definition) is 0. The molecule has 7 nitrogen and oxygen atoms in total. The van der Waals surface area contributed by atoms with Crippen molar-refractivity contribution in [1.29, 1.82) is 0 Å². The summed E-state index contributed by atoms with van der Waals surface area (Å²) in [5.74, 6) is 0.963. The van der Waals surface area contributed by atoms with Gasteiger partial charge in [-0.25, -0.2) is 13.4 Å². The van der Waals surface area contributed by atoms with E-state index in [-0.39, 0.29) is 17.0 Å². The van der Waals surface area contributed by atoms with Crippen LogP contribution in [0.2, 0.25) is 0 Å². The molecule has 0 bridgehead atoms. The Kier molecular flexibility index (Phi) is 8.16. The van der Waals surface area contributed by atoms with Crippen molar-refractivity contribution in [3.63, 3.8) is 0 Å². The molecule has 0 amide bonds. The molecular weight excluding hydrogens is 590 g/mol. The number of fused-ring (bicyclic) bond motifs is 1. The Balaban J connectivity index is 1.68. The maximum atomic E-state index is 14.1. The van der Waals surface area contributed by atoms with E-state index in [2.05, 4.69) is 15.9 Å². The molecule has 204 valence electrons. The maximum absolute atomic E-state index is 14.1. The predicted octanol–water partition coefficient (Wildman–Crippen LogP) is 6.15. The highest BCUT2D eigenvalue weighted by Gasteiger charge is 2.33. The summed E-state index contributed by atoms with van der Waals surface area (Å²) in [6.07, 6.45) is 0.487. The minimum absolute atomic E-state index is 0.162. The lowest BCUT2D eigenvalue weighted by atomic mass is 10.1. The quantitative estimate of drug-likeness (QED) is 0.198. The number of methoxy groups -OCH3 is 1. The minimum atomic E-state index is -3.97. The molecule has 40 heavy (non-hydrogen) atoms. The average molecular weight is 619 g/mol. The van der Waals surface area contributed by atoms with Crippen LogP contribution in [0.1, 0.15) is 24.4 Å². The highest BCUT2D eigenvalue weighted by atomic mass is 79.9. The minimum Gasteiger partial charge on any atom is -0.497 e. The molecule has 4 aromatic carbocycles. The molecule has 0 aliphatic rings. The average Bonchev–Trinajstić information content (AvgIpc) is 2.98. The van der Waals surface area contributed by atoms with Crippen molar-refractivity contribution >= 4 is 36.9 Å². The van der Waals surface area contributed by atoms with Gasteiger partial charge in [0.1, 0.15) is 11.6 Å². The van der Waals surface area contributed by atoms with Crippen LogP contribution in [0.25, 0.3) is 16.6 Å². The van der Waals surface area contributed by atoms with Gasteiger partial charge in [0.25, 0.3) is 5.56 Å². The first kappa shape index (κ1) is 27.8. The number of rotatable bonds is 9. The Morgan fingerprint density at radius 3 is 2.23 bits per heavy atom. The molecule has 0 radical (unpaired) electrons. The molecule has 0 fully saturated rings. The molecular formula is C31H28BrN3O4S. The van der Waals surface area contributed by atoms with Gasteiger partial charge in [0, 0.05) is 11.0 Å². The van der Waals surface area contributed by atoms with Crippen LogP contribution in [0.5, 0.6) is 5.75 Å². The van der Waals surface area contributed by atoms with E-state index in [1.54, 1.807) is 80.8 Å². The summed E-state index contributed by atoms with van der Waals surface area (Å²) < 4.78 is 37.3. The van der Waals surface area contributed by atoms with Gasteiger partial charge < -0.3 is 4.74 Å². The lowest BCUT2D eigenvalue weighted by Gasteiger charge is -2.30. The molecule has 1 heterocycles. The molecule has 1 atom stereocenters. The fraction of sp³-hybridized carbons (Fsp3) is 0.161. The van der Waals surface area contributed by atoms with Crippen LogP contribution in [-0.2, 0) is 16.4 Å². The summed E-state index contributed by atoms with van der Waals surface area (Å²) in [6, 6.07) is 29.7. The Morgan fingerprint density at radius 1 is 0.900 bits per heavy atom. The number of halogens is 1. The molecule has 0 N–H and O–H groups in total. The Morgan fingerprint density at radius 2 is 1.55 bits per heavy atom. The molecule has 0 aliphatic heterocycles. The van der Waals surface area contributed by atoms with Crippen LogP contribution in [0.4, 0.5) is 0 Å². The lowest BCUT2D eigenvalue weighted by Crippen LogP contribution is -2.38. The largest absolute Gasteiger partial charge is 0.497 e. The molecule has 9 heteroatoms. The summed E-state index contributed by atoms with van der Waals surface area (Å²) in [5.41, 5.74) is 1.80. The summed E-state index contributed by atoms with van der Waals surface area (Å²) in [7, 11) is -2.40. The summed E-state index contributed by atoms with van der Waals surface area (Å²) >= 11 is 3.39. The van der Waals surface area contributed by atoms with Gasteiger partial charge in [-0.3, -0.25) is 9.36 Å². The number of hydrogen-bond acceptors (Lipinski definition) is 5. The van der Waals surface area contributed by atoms with Crippen molar-refractivity contribution in [2.75, 3.05) is 13.7 Å². The van der Waals surface area contributed by atoms with E-state index in [9.17, 15) is 13.2 Å². The van der Waals surface area contributed by atoms with Crippen LogP contribution in [0, 0.1) is 0 Å². The SMILES string of the molecule is COc1ccc(-n2c(C(C)N(CCc3ccccc3)S(=O)(=O)c3ccc(Br)cc3)nc3ccccc3c2=O)cc1. The molecule has 0 spiro atoms. The first-order chi connectivity index (χ1) is 19.3. The Hall–Kier alpha value is -3.79. The number of para-hydroxylation sites is 1. The van der Waals surface area contributed by atoms with E-state index in [0.717, 1.165) is 10.0 Å². The Labute approximate surface area is 241 Å². The summed E-state index contributed by atoms with van der Waals surface area (Å²) in [6.45, 7) is 1.97. The number of benzene rings is 4. The van der Waals surface area contributed by atoms with Crippen LogP contribution < -0.4 is 10.3 Å². The fourth-order valence-corrected chi connectivity index (χ4v) is 6.55. The second kappa shape index (κ2) is 11.8. The molecule has 5 aromatic rings. The molecule has 1 unspecified atom stereocenters. The lowest BCUT2D eigenvalue weighted by molar-refractivity contribution is 0.330. The zero-order chi connectivity index (χ0) is 28.3. The van der Waals surface area contributed by atoms with E-state index < -0.39 is 16.1 Å².